The van der Waals surface area contributed by atoms with E-state index in [9.17, 15) is 9.59 Å². The zero-order valence-corrected chi connectivity index (χ0v) is 19.4. The maximum Gasteiger partial charge on any atom is 0.223 e. The number of nitrogens with two attached hydrogens (primary N) is 1. The Kier molecular flexibility index (Phi) is 6.53. The first-order valence-electron chi connectivity index (χ1n) is 11.6. The molecule has 0 amide bonds. The highest BCUT2D eigenvalue weighted by Gasteiger charge is 2.19. The van der Waals surface area contributed by atoms with Crippen LogP contribution in [0, 0.1) is 0 Å². The number of fused-ring (bicyclic) bond motifs is 1. The van der Waals surface area contributed by atoms with Crippen LogP contribution in [0.4, 0.5) is 5.69 Å². The van der Waals surface area contributed by atoms with Crippen molar-refractivity contribution in [3.63, 3.8) is 0 Å². The van der Waals surface area contributed by atoms with E-state index < -0.39 is 5.43 Å². The minimum Gasteiger partial charge on any atom is -0.494 e. The van der Waals surface area contributed by atoms with E-state index in [0.717, 1.165) is 19.3 Å². The van der Waals surface area contributed by atoms with Crippen molar-refractivity contribution in [1.29, 1.82) is 0 Å². The van der Waals surface area contributed by atoms with Crippen molar-refractivity contribution in [2.24, 2.45) is 0 Å². The molecule has 9 heteroatoms. The highest BCUT2D eigenvalue weighted by molar-refractivity contribution is 6.16. The number of ketones is 1. The molecule has 0 unspecified atom stereocenters. The topological polar surface area (TPSA) is 140 Å². The summed E-state index contributed by atoms with van der Waals surface area (Å²) >= 11 is 0. The number of unbranched alkanes of at least 4 members (excludes halogenated alkanes) is 1. The van der Waals surface area contributed by atoms with E-state index in [1.165, 1.54) is 5.56 Å². The molecule has 0 atom stereocenters. The lowest BCUT2D eigenvalue weighted by Gasteiger charge is -2.10. The number of hydrogen-bond donors (Lipinski definition) is 3. The molecule has 0 aliphatic carbocycles. The molecular formula is C27H24N6O3. The van der Waals surface area contributed by atoms with Crippen LogP contribution in [0.5, 0.6) is 5.75 Å². The number of nitrogens with one attached hydrogen (secondary N) is 2. The summed E-state index contributed by atoms with van der Waals surface area (Å²) in [4.78, 5) is 29.3. The molecule has 5 aromatic rings. The third-order valence-electron chi connectivity index (χ3n) is 5.97. The van der Waals surface area contributed by atoms with E-state index >= 15 is 0 Å². The molecule has 2 heterocycles. The number of aryl methyl sites for hydroxylation is 1. The molecule has 2 aromatic heterocycles. The summed E-state index contributed by atoms with van der Waals surface area (Å²) in [6.45, 7) is 0.602. The van der Waals surface area contributed by atoms with Gasteiger partial charge in [0, 0.05) is 16.5 Å². The fourth-order valence-corrected chi connectivity index (χ4v) is 4.08. The number of nitrogen functional groups attached to an aromatic ring is 1. The summed E-state index contributed by atoms with van der Waals surface area (Å²) in [6, 6.07) is 22.3. The van der Waals surface area contributed by atoms with Crippen LogP contribution in [0.3, 0.4) is 0 Å². The molecule has 0 bridgehead atoms. The zero-order valence-electron chi connectivity index (χ0n) is 19.4. The number of H-pyrrole nitrogens is 2. The van der Waals surface area contributed by atoms with Crippen molar-refractivity contribution in [3.8, 4) is 17.3 Å². The molecule has 0 aliphatic heterocycles. The number of aromatic amines is 2. The average Bonchev–Trinajstić information content (AvgIpc) is 3.46. The number of anilines is 1. The Labute approximate surface area is 206 Å². The van der Waals surface area contributed by atoms with Crippen molar-refractivity contribution in [3.05, 3.63) is 99.7 Å². The maximum absolute atomic E-state index is 13.4. The average molecular weight is 481 g/mol. The molecule has 3 aromatic carbocycles. The van der Waals surface area contributed by atoms with Crippen LogP contribution in [0.25, 0.3) is 22.4 Å². The number of benzene rings is 3. The van der Waals surface area contributed by atoms with E-state index in [1.54, 1.807) is 42.5 Å². The number of carbonyl (C=O) groups is 1. The Hall–Kier alpha value is -4.79. The number of nitrogens with zero attached hydrogens (tertiary/aromatic N) is 3. The van der Waals surface area contributed by atoms with E-state index in [0.29, 0.717) is 34.4 Å². The van der Waals surface area contributed by atoms with Crippen LogP contribution < -0.4 is 15.9 Å². The van der Waals surface area contributed by atoms with Gasteiger partial charge in [0.15, 0.2) is 5.78 Å². The first kappa shape index (κ1) is 23.0. The lowest BCUT2D eigenvalue weighted by atomic mass is 9.99. The summed E-state index contributed by atoms with van der Waals surface area (Å²) in [6.07, 6.45) is 2.99. The van der Waals surface area contributed by atoms with Gasteiger partial charge in [-0.3, -0.25) is 9.59 Å². The van der Waals surface area contributed by atoms with E-state index in [1.807, 2.05) is 18.2 Å². The minimum atomic E-state index is -0.408. The first-order valence-corrected chi connectivity index (χ1v) is 11.6. The molecule has 9 nitrogen and oxygen atoms in total. The van der Waals surface area contributed by atoms with E-state index in [4.69, 9.17) is 10.5 Å². The standard InChI is InChI=1S/C27H24N6O3/c28-22-24(27-30-32-33-31-27)29-23-20(10-6-11-21(23)26(22)35)25(34)18-12-14-19(15-13-18)36-16-5-4-9-17-7-2-1-3-8-17/h1-3,6-8,10-15H,4-5,9,16,28H2,(H,29,35)(H,30,31,32,33). The highest BCUT2D eigenvalue weighted by atomic mass is 16.5. The fraction of sp³-hybridized carbons (Fsp3) is 0.148. The Morgan fingerprint density at radius 3 is 2.50 bits per heavy atom. The molecule has 36 heavy (non-hydrogen) atoms. The highest BCUT2D eigenvalue weighted by Crippen LogP contribution is 2.25. The number of carbonyl (C=O) groups excluding carboxylic acids is 1. The molecule has 180 valence electrons. The van der Waals surface area contributed by atoms with Crippen LogP contribution in [0.1, 0.15) is 34.3 Å². The van der Waals surface area contributed by atoms with Gasteiger partial charge in [0.1, 0.15) is 17.1 Å². The van der Waals surface area contributed by atoms with Gasteiger partial charge in [-0.25, -0.2) is 0 Å². The quantitative estimate of drug-likeness (QED) is 0.215. The van der Waals surface area contributed by atoms with Gasteiger partial charge in [-0.05, 0) is 66.4 Å². The monoisotopic (exact) mass is 480 g/mol. The number of rotatable bonds is 9. The van der Waals surface area contributed by atoms with Crippen molar-refractivity contribution >= 4 is 22.4 Å². The summed E-state index contributed by atoms with van der Waals surface area (Å²) < 4.78 is 5.85. The summed E-state index contributed by atoms with van der Waals surface area (Å²) in [5.41, 5.74) is 8.26. The summed E-state index contributed by atoms with van der Waals surface area (Å²) in [5, 5.41) is 13.9. The van der Waals surface area contributed by atoms with E-state index in [2.05, 4.69) is 37.7 Å². The van der Waals surface area contributed by atoms with Crippen LogP contribution in [-0.4, -0.2) is 38.0 Å². The third kappa shape index (κ3) is 4.72. The van der Waals surface area contributed by atoms with Crippen molar-refractivity contribution in [2.45, 2.75) is 19.3 Å². The van der Waals surface area contributed by atoms with Crippen LogP contribution in [-0.2, 0) is 6.42 Å². The second-order valence-electron chi connectivity index (χ2n) is 8.35. The molecule has 0 aliphatic rings. The van der Waals surface area contributed by atoms with E-state index in [-0.39, 0.29) is 23.0 Å². The van der Waals surface area contributed by atoms with Crippen molar-refractivity contribution in [1.82, 2.24) is 25.6 Å². The molecule has 4 N–H and O–H groups in total. The second-order valence-corrected chi connectivity index (χ2v) is 8.35. The molecule has 0 spiro atoms. The van der Waals surface area contributed by atoms with Gasteiger partial charge in [-0.2, -0.15) is 5.21 Å². The fourth-order valence-electron chi connectivity index (χ4n) is 4.08. The number of tetrazole rings is 1. The lowest BCUT2D eigenvalue weighted by molar-refractivity contribution is 0.104. The Morgan fingerprint density at radius 2 is 1.75 bits per heavy atom. The summed E-state index contributed by atoms with van der Waals surface area (Å²) in [7, 11) is 0. The van der Waals surface area contributed by atoms with Gasteiger partial charge >= 0.3 is 0 Å². The molecule has 0 saturated heterocycles. The Balaban J connectivity index is 1.30. The number of para-hydroxylation sites is 1. The van der Waals surface area contributed by atoms with Crippen LogP contribution >= 0.6 is 0 Å². The van der Waals surface area contributed by atoms with Gasteiger partial charge in [0.05, 0.1) is 12.1 Å². The van der Waals surface area contributed by atoms with Gasteiger partial charge in [0.2, 0.25) is 11.3 Å². The lowest BCUT2D eigenvalue weighted by Crippen LogP contribution is -2.14. The largest absolute Gasteiger partial charge is 0.494 e. The van der Waals surface area contributed by atoms with Crippen LogP contribution in [0.2, 0.25) is 0 Å². The van der Waals surface area contributed by atoms with Crippen LogP contribution in [0.15, 0.2) is 77.6 Å². The predicted molar refractivity (Wildman–Crippen MR) is 137 cm³/mol. The first-order chi connectivity index (χ1) is 17.6. The Morgan fingerprint density at radius 1 is 0.944 bits per heavy atom. The number of ether oxygens (including phenoxy) is 1. The van der Waals surface area contributed by atoms with Crippen molar-refractivity contribution < 1.29 is 9.53 Å². The predicted octanol–water partition coefficient (Wildman–Crippen LogP) is 3.92. The smallest absolute Gasteiger partial charge is 0.223 e. The summed E-state index contributed by atoms with van der Waals surface area (Å²) in [5.74, 6) is 0.596. The number of aromatic nitrogens is 5. The van der Waals surface area contributed by atoms with Gasteiger partial charge in [-0.15, -0.1) is 10.2 Å². The van der Waals surface area contributed by atoms with Gasteiger partial charge in [0.25, 0.3) is 0 Å². The number of hydrogen-bond acceptors (Lipinski definition) is 7. The molecule has 0 fully saturated rings. The van der Waals surface area contributed by atoms with Gasteiger partial charge < -0.3 is 15.5 Å². The zero-order chi connectivity index (χ0) is 24.9. The second kappa shape index (κ2) is 10.2. The molecule has 0 saturated carbocycles. The minimum absolute atomic E-state index is 0.0428. The third-order valence-corrected chi connectivity index (χ3v) is 5.97. The molecule has 5 rings (SSSR count). The number of pyridine rings is 1. The maximum atomic E-state index is 13.4. The normalized spacial score (nSPS) is 11.0. The molecular weight excluding hydrogens is 456 g/mol. The SMILES string of the molecule is Nc1c(-c2nn[nH]n2)[nH]c2c(C(=O)c3ccc(OCCCCc4ccccc4)cc3)cccc2c1=O. The molecule has 0 radical (unpaired) electrons. The Bertz CT molecular complexity index is 1550. The van der Waals surface area contributed by atoms with Crippen molar-refractivity contribution in [2.75, 3.05) is 12.3 Å². The van der Waals surface area contributed by atoms with Gasteiger partial charge in [-0.1, -0.05) is 36.4 Å².